The molecule has 0 fully saturated rings. The first-order valence-corrected chi connectivity index (χ1v) is 10.2. The first-order valence-electron chi connectivity index (χ1n) is 10.2. The van der Waals surface area contributed by atoms with Gasteiger partial charge in [-0.3, -0.25) is 15.0 Å². The van der Waals surface area contributed by atoms with Crippen molar-refractivity contribution in [3.8, 4) is 11.1 Å². The van der Waals surface area contributed by atoms with Gasteiger partial charge in [0.2, 0.25) is 0 Å². The maximum Gasteiger partial charge on any atom is 0.414 e. The van der Waals surface area contributed by atoms with Crippen LogP contribution in [0.1, 0.15) is 27.4 Å². The number of nitro groups is 1. The molecule has 0 heterocycles. The number of rotatable bonds is 7. The number of hydrogen-bond acceptors (Lipinski definition) is 6. The van der Waals surface area contributed by atoms with Gasteiger partial charge >= 0.3 is 12.1 Å². The van der Waals surface area contributed by atoms with Crippen molar-refractivity contribution in [1.82, 2.24) is 0 Å². The Morgan fingerprint density at radius 3 is 2.15 bits per heavy atom. The fourth-order valence-corrected chi connectivity index (χ4v) is 4.13. The topological polar surface area (TPSA) is 130 Å². The van der Waals surface area contributed by atoms with Crippen LogP contribution in [0.5, 0.6) is 0 Å². The zero-order valence-electron chi connectivity index (χ0n) is 17.4. The van der Waals surface area contributed by atoms with E-state index >= 15 is 0 Å². The molecular formula is C24H20N2O7. The Hall–Kier alpha value is -4.24. The molecule has 0 saturated carbocycles. The summed E-state index contributed by atoms with van der Waals surface area (Å²) in [4.78, 5) is 36.0. The molecule has 168 valence electrons. The Labute approximate surface area is 188 Å². The highest BCUT2D eigenvalue weighted by molar-refractivity contribution is 6.00. The number of nitro benzene ring substituents is 1. The quantitative estimate of drug-likeness (QED) is 0.412. The number of non-ortho nitro benzene ring substituents is 1. The van der Waals surface area contributed by atoms with Crippen LogP contribution in [-0.4, -0.2) is 47.0 Å². The number of carbonyl (C=O) groups excluding carboxylic acids is 1. The van der Waals surface area contributed by atoms with Crippen molar-refractivity contribution < 1.29 is 29.5 Å². The summed E-state index contributed by atoms with van der Waals surface area (Å²) in [5.41, 5.74) is 3.19. The summed E-state index contributed by atoms with van der Waals surface area (Å²) in [5, 5.41) is 30.0. The molecule has 9 heteroatoms. The van der Waals surface area contributed by atoms with Gasteiger partial charge in [0.25, 0.3) is 5.69 Å². The van der Waals surface area contributed by atoms with Crippen molar-refractivity contribution in [2.75, 3.05) is 24.7 Å². The Kier molecular flexibility index (Phi) is 6.05. The van der Waals surface area contributed by atoms with E-state index in [0.717, 1.165) is 39.3 Å². The maximum atomic E-state index is 13.0. The lowest BCUT2D eigenvalue weighted by atomic mass is 9.98. The lowest BCUT2D eigenvalue weighted by molar-refractivity contribution is -0.384. The summed E-state index contributed by atoms with van der Waals surface area (Å²) in [5.74, 6) is -1.64. The predicted molar refractivity (Wildman–Crippen MR) is 120 cm³/mol. The molecular weight excluding hydrogens is 428 g/mol. The minimum absolute atomic E-state index is 0.00414. The number of carbonyl (C=O) groups is 2. The largest absolute Gasteiger partial charge is 0.478 e. The molecule has 0 saturated heterocycles. The predicted octanol–water partition coefficient (Wildman–Crippen LogP) is 4.04. The van der Waals surface area contributed by atoms with Gasteiger partial charge in [-0.2, -0.15) is 0 Å². The van der Waals surface area contributed by atoms with Crippen molar-refractivity contribution in [2.24, 2.45) is 0 Å². The number of aliphatic hydroxyl groups is 1. The number of fused-ring (bicyclic) bond motifs is 3. The van der Waals surface area contributed by atoms with Crippen LogP contribution in [0.3, 0.4) is 0 Å². The third-order valence-corrected chi connectivity index (χ3v) is 5.59. The number of nitrogens with zero attached hydrogens (tertiary/aromatic N) is 2. The van der Waals surface area contributed by atoms with Crippen molar-refractivity contribution in [2.45, 2.75) is 5.92 Å². The number of benzene rings is 3. The number of anilines is 1. The molecule has 1 aliphatic carbocycles. The molecule has 1 aliphatic rings. The van der Waals surface area contributed by atoms with Crippen LogP contribution in [0.2, 0.25) is 0 Å². The highest BCUT2D eigenvalue weighted by Gasteiger charge is 2.31. The third kappa shape index (κ3) is 4.13. The summed E-state index contributed by atoms with van der Waals surface area (Å²) in [6.45, 7) is -0.695. The number of aliphatic hydroxyl groups excluding tert-OH is 1. The Morgan fingerprint density at radius 1 is 1.00 bits per heavy atom. The van der Waals surface area contributed by atoms with Crippen LogP contribution in [0.15, 0.2) is 66.7 Å². The number of amides is 1. The summed E-state index contributed by atoms with van der Waals surface area (Å²) in [7, 11) is 0. The molecule has 9 nitrogen and oxygen atoms in total. The average molecular weight is 448 g/mol. The van der Waals surface area contributed by atoms with E-state index in [1.54, 1.807) is 0 Å². The number of aromatic carboxylic acids is 1. The van der Waals surface area contributed by atoms with Gasteiger partial charge < -0.3 is 14.9 Å². The standard InChI is InChI=1S/C24H20N2O7/c27-12-11-25(22-10-9-15(26(31)32)13-20(22)23(28)29)24(30)33-14-21-18-7-3-1-5-16(18)17-6-2-4-8-19(17)21/h1-10,13,21,27H,11-12,14H2,(H,28,29). The Balaban J connectivity index is 1.61. The van der Waals surface area contributed by atoms with Crippen molar-refractivity contribution in [3.05, 3.63) is 93.5 Å². The SMILES string of the molecule is O=C(O)c1cc([N+](=O)[O-])ccc1N(CCO)C(=O)OCC1c2ccccc2-c2ccccc21. The summed E-state index contributed by atoms with van der Waals surface area (Å²) >= 11 is 0. The van der Waals surface area contributed by atoms with E-state index in [1.165, 1.54) is 6.07 Å². The van der Waals surface area contributed by atoms with E-state index in [9.17, 15) is 29.9 Å². The second kappa shape index (κ2) is 9.09. The van der Waals surface area contributed by atoms with Crippen molar-refractivity contribution >= 4 is 23.4 Å². The van der Waals surface area contributed by atoms with E-state index in [2.05, 4.69) is 0 Å². The molecule has 3 aromatic carbocycles. The number of ether oxygens (including phenoxy) is 1. The maximum absolute atomic E-state index is 13.0. The van der Waals surface area contributed by atoms with Crippen LogP contribution >= 0.6 is 0 Å². The average Bonchev–Trinajstić information content (AvgIpc) is 3.14. The van der Waals surface area contributed by atoms with E-state index in [0.29, 0.717) is 0 Å². The van der Waals surface area contributed by atoms with E-state index in [-0.39, 0.29) is 24.8 Å². The molecule has 3 aromatic rings. The summed E-state index contributed by atoms with van der Waals surface area (Å²) < 4.78 is 5.57. The molecule has 4 rings (SSSR count). The highest BCUT2D eigenvalue weighted by Crippen LogP contribution is 2.44. The lowest BCUT2D eigenvalue weighted by Gasteiger charge is -2.24. The van der Waals surface area contributed by atoms with E-state index < -0.39 is 34.8 Å². The molecule has 1 amide bonds. The zero-order chi connectivity index (χ0) is 23.5. The van der Waals surface area contributed by atoms with Crippen LogP contribution < -0.4 is 4.90 Å². The van der Waals surface area contributed by atoms with Gasteiger partial charge in [0, 0.05) is 18.1 Å². The van der Waals surface area contributed by atoms with Crippen LogP contribution in [0.25, 0.3) is 11.1 Å². The fourth-order valence-electron chi connectivity index (χ4n) is 4.13. The van der Waals surface area contributed by atoms with E-state index in [1.807, 2.05) is 48.5 Å². The summed E-state index contributed by atoms with van der Waals surface area (Å²) in [6.07, 6.45) is -0.859. The fraction of sp³-hybridized carbons (Fsp3) is 0.167. The zero-order valence-corrected chi connectivity index (χ0v) is 17.4. The molecule has 0 spiro atoms. The minimum Gasteiger partial charge on any atom is -0.478 e. The number of carboxylic acids is 1. The Bertz CT molecular complexity index is 1200. The normalized spacial score (nSPS) is 12.0. The van der Waals surface area contributed by atoms with Gasteiger partial charge in [-0.15, -0.1) is 0 Å². The third-order valence-electron chi connectivity index (χ3n) is 5.59. The molecule has 0 aromatic heterocycles. The molecule has 33 heavy (non-hydrogen) atoms. The smallest absolute Gasteiger partial charge is 0.414 e. The monoisotopic (exact) mass is 448 g/mol. The highest BCUT2D eigenvalue weighted by atomic mass is 16.6. The molecule has 0 bridgehead atoms. The van der Waals surface area contributed by atoms with Crippen LogP contribution in [0, 0.1) is 10.1 Å². The second-order valence-corrected chi connectivity index (χ2v) is 7.44. The second-order valence-electron chi connectivity index (χ2n) is 7.44. The van der Waals surface area contributed by atoms with Gasteiger partial charge in [0.1, 0.15) is 6.61 Å². The van der Waals surface area contributed by atoms with Crippen molar-refractivity contribution in [1.29, 1.82) is 0 Å². The number of hydrogen-bond donors (Lipinski definition) is 2. The molecule has 0 radical (unpaired) electrons. The summed E-state index contributed by atoms with van der Waals surface area (Å²) in [6, 6.07) is 18.8. The molecule has 0 atom stereocenters. The Morgan fingerprint density at radius 2 is 1.61 bits per heavy atom. The van der Waals surface area contributed by atoms with Crippen LogP contribution in [0.4, 0.5) is 16.2 Å². The first kappa shape index (κ1) is 22.0. The van der Waals surface area contributed by atoms with Gasteiger partial charge in [-0.25, -0.2) is 9.59 Å². The van der Waals surface area contributed by atoms with Gasteiger partial charge in [-0.05, 0) is 28.3 Å². The van der Waals surface area contributed by atoms with Gasteiger partial charge in [-0.1, -0.05) is 48.5 Å². The molecule has 2 N–H and O–H groups in total. The lowest BCUT2D eigenvalue weighted by Crippen LogP contribution is -2.36. The molecule has 0 unspecified atom stereocenters. The van der Waals surface area contributed by atoms with Crippen LogP contribution in [-0.2, 0) is 4.74 Å². The van der Waals surface area contributed by atoms with E-state index in [4.69, 9.17) is 4.74 Å². The number of carboxylic acid groups (broad SMARTS) is 1. The molecule has 0 aliphatic heterocycles. The van der Waals surface area contributed by atoms with Gasteiger partial charge in [0.05, 0.1) is 29.3 Å². The van der Waals surface area contributed by atoms with Gasteiger partial charge in [0.15, 0.2) is 0 Å². The first-order chi connectivity index (χ1) is 15.9. The van der Waals surface area contributed by atoms with Crippen molar-refractivity contribution in [3.63, 3.8) is 0 Å². The minimum atomic E-state index is -1.44.